The SMILES string of the molecule is CCC(C)Oc1cc(N)cc(Cl)n1. The average molecular weight is 201 g/mol. The predicted octanol–water partition coefficient (Wildman–Crippen LogP) is 2.49. The zero-order valence-electron chi connectivity index (χ0n) is 7.75. The van der Waals surface area contributed by atoms with Crippen LogP contribution < -0.4 is 10.5 Å². The van der Waals surface area contributed by atoms with Crippen molar-refractivity contribution in [3.63, 3.8) is 0 Å². The summed E-state index contributed by atoms with van der Waals surface area (Å²) in [5.74, 6) is 0.486. The second-order valence-corrected chi connectivity index (χ2v) is 3.29. The lowest BCUT2D eigenvalue weighted by atomic mass is 10.3. The normalized spacial score (nSPS) is 12.5. The number of rotatable bonds is 3. The van der Waals surface area contributed by atoms with Gasteiger partial charge in [0.05, 0.1) is 6.10 Å². The van der Waals surface area contributed by atoms with E-state index in [-0.39, 0.29) is 6.10 Å². The van der Waals surface area contributed by atoms with E-state index in [2.05, 4.69) is 4.98 Å². The van der Waals surface area contributed by atoms with E-state index in [1.807, 2.05) is 13.8 Å². The van der Waals surface area contributed by atoms with E-state index in [1.165, 1.54) is 0 Å². The Morgan fingerprint density at radius 3 is 2.85 bits per heavy atom. The number of anilines is 1. The summed E-state index contributed by atoms with van der Waals surface area (Å²) >= 11 is 5.71. The molecule has 1 unspecified atom stereocenters. The van der Waals surface area contributed by atoms with E-state index in [0.717, 1.165) is 6.42 Å². The van der Waals surface area contributed by atoms with Crippen molar-refractivity contribution in [2.24, 2.45) is 0 Å². The Bertz CT molecular complexity index is 271. The van der Waals surface area contributed by atoms with Crippen LogP contribution in [-0.4, -0.2) is 11.1 Å². The summed E-state index contributed by atoms with van der Waals surface area (Å²) in [6.07, 6.45) is 1.05. The van der Waals surface area contributed by atoms with Crippen LogP contribution >= 0.6 is 11.6 Å². The van der Waals surface area contributed by atoms with Gasteiger partial charge in [0.1, 0.15) is 5.15 Å². The van der Waals surface area contributed by atoms with Crippen LogP contribution in [-0.2, 0) is 0 Å². The highest BCUT2D eigenvalue weighted by Crippen LogP contribution is 2.18. The molecular formula is C9H13ClN2O. The van der Waals surface area contributed by atoms with Crippen LogP contribution in [0.1, 0.15) is 20.3 Å². The molecular weight excluding hydrogens is 188 g/mol. The van der Waals surface area contributed by atoms with Gasteiger partial charge in [0, 0.05) is 11.8 Å². The maximum absolute atomic E-state index is 5.71. The Balaban J connectivity index is 2.77. The van der Waals surface area contributed by atoms with Crippen LogP contribution in [0.15, 0.2) is 12.1 Å². The molecule has 0 fully saturated rings. The van der Waals surface area contributed by atoms with Gasteiger partial charge < -0.3 is 10.5 Å². The third kappa shape index (κ3) is 3.11. The summed E-state index contributed by atoms with van der Waals surface area (Å²) < 4.78 is 5.45. The monoisotopic (exact) mass is 200 g/mol. The molecule has 1 rings (SSSR count). The highest BCUT2D eigenvalue weighted by Gasteiger charge is 2.04. The lowest BCUT2D eigenvalue weighted by Crippen LogP contribution is -2.10. The van der Waals surface area contributed by atoms with Gasteiger partial charge in [-0.25, -0.2) is 4.98 Å². The fourth-order valence-corrected chi connectivity index (χ4v) is 1.05. The summed E-state index contributed by atoms with van der Waals surface area (Å²) in [6, 6.07) is 3.25. The number of pyridine rings is 1. The molecule has 1 atom stereocenters. The van der Waals surface area contributed by atoms with E-state index < -0.39 is 0 Å². The first-order valence-corrected chi connectivity index (χ1v) is 4.59. The molecule has 1 heterocycles. The van der Waals surface area contributed by atoms with Crippen molar-refractivity contribution in [3.05, 3.63) is 17.3 Å². The average Bonchev–Trinajstić information content (AvgIpc) is 2.02. The molecule has 1 aromatic heterocycles. The van der Waals surface area contributed by atoms with Gasteiger partial charge in [0.25, 0.3) is 0 Å². The van der Waals surface area contributed by atoms with Crippen LogP contribution in [0, 0.1) is 0 Å². The number of hydrogen-bond donors (Lipinski definition) is 1. The lowest BCUT2D eigenvalue weighted by molar-refractivity contribution is 0.209. The van der Waals surface area contributed by atoms with Gasteiger partial charge in [-0.3, -0.25) is 0 Å². The first kappa shape index (κ1) is 10.1. The third-order valence-corrected chi connectivity index (χ3v) is 1.88. The maximum atomic E-state index is 5.71. The number of aromatic nitrogens is 1. The third-order valence-electron chi connectivity index (χ3n) is 1.69. The van der Waals surface area contributed by atoms with Crippen LogP contribution in [0.5, 0.6) is 5.88 Å². The van der Waals surface area contributed by atoms with Crippen LogP contribution in [0.2, 0.25) is 5.15 Å². The first-order chi connectivity index (χ1) is 6.11. The van der Waals surface area contributed by atoms with Crippen LogP contribution in [0.25, 0.3) is 0 Å². The van der Waals surface area contributed by atoms with Gasteiger partial charge in [-0.2, -0.15) is 0 Å². The quantitative estimate of drug-likeness (QED) is 0.763. The fourth-order valence-electron chi connectivity index (χ4n) is 0.841. The van der Waals surface area contributed by atoms with Gasteiger partial charge in [-0.05, 0) is 19.4 Å². The Morgan fingerprint density at radius 2 is 2.31 bits per heavy atom. The largest absolute Gasteiger partial charge is 0.475 e. The molecule has 13 heavy (non-hydrogen) atoms. The van der Waals surface area contributed by atoms with Gasteiger partial charge >= 0.3 is 0 Å². The van der Waals surface area contributed by atoms with E-state index in [9.17, 15) is 0 Å². The zero-order valence-corrected chi connectivity index (χ0v) is 8.51. The van der Waals surface area contributed by atoms with E-state index >= 15 is 0 Å². The molecule has 4 heteroatoms. The first-order valence-electron chi connectivity index (χ1n) is 4.21. The molecule has 0 amide bonds. The second-order valence-electron chi connectivity index (χ2n) is 2.90. The zero-order chi connectivity index (χ0) is 9.84. The van der Waals surface area contributed by atoms with Crippen LogP contribution in [0.4, 0.5) is 5.69 Å². The number of ether oxygens (including phenoxy) is 1. The molecule has 1 aromatic rings. The topological polar surface area (TPSA) is 48.1 Å². The van der Waals surface area contributed by atoms with Crippen molar-refractivity contribution in [2.45, 2.75) is 26.4 Å². The lowest BCUT2D eigenvalue weighted by Gasteiger charge is -2.11. The van der Waals surface area contributed by atoms with Crippen molar-refractivity contribution in [2.75, 3.05) is 5.73 Å². The number of nitrogen functional groups attached to an aromatic ring is 1. The smallest absolute Gasteiger partial charge is 0.216 e. The molecule has 0 spiro atoms. The molecule has 0 aliphatic carbocycles. The maximum Gasteiger partial charge on any atom is 0.216 e. The van der Waals surface area contributed by atoms with E-state index in [4.69, 9.17) is 22.1 Å². The van der Waals surface area contributed by atoms with Crippen molar-refractivity contribution in [1.29, 1.82) is 0 Å². The Labute approximate surface area is 82.9 Å². The molecule has 0 radical (unpaired) electrons. The Hall–Kier alpha value is -0.960. The standard InChI is InChI=1S/C9H13ClN2O/c1-3-6(2)13-9-5-7(11)4-8(10)12-9/h4-6H,3H2,1-2H3,(H2,11,12). The molecule has 0 aromatic carbocycles. The highest BCUT2D eigenvalue weighted by atomic mass is 35.5. The summed E-state index contributed by atoms with van der Waals surface area (Å²) in [5, 5.41) is 0.360. The van der Waals surface area contributed by atoms with Gasteiger partial charge in [0.15, 0.2) is 0 Å². The number of nitrogens with two attached hydrogens (primary N) is 1. The molecule has 72 valence electrons. The van der Waals surface area contributed by atoms with Gasteiger partial charge in [-0.1, -0.05) is 18.5 Å². The molecule has 2 N–H and O–H groups in total. The van der Waals surface area contributed by atoms with Crippen molar-refractivity contribution < 1.29 is 4.74 Å². The van der Waals surface area contributed by atoms with Crippen molar-refractivity contribution in [3.8, 4) is 5.88 Å². The predicted molar refractivity (Wildman–Crippen MR) is 54.0 cm³/mol. The van der Waals surface area contributed by atoms with E-state index in [0.29, 0.717) is 16.7 Å². The van der Waals surface area contributed by atoms with Crippen molar-refractivity contribution in [1.82, 2.24) is 4.98 Å². The molecule has 3 nitrogen and oxygen atoms in total. The van der Waals surface area contributed by atoms with Crippen molar-refractivity contribution >= 4 is 17.3 Å². The molecule has 0 saturated carbocycles. The number of nitrogens with zero attached hydrogens (tertiary/aromatic N) is 1. The minimum Gasteiger partial charge on any atom is -0.475 e. The summed E-state index contributed by atoms with van der Waals surface area (Å²) in [6.45, 7) is 4.01. The second kappa shape index (κ2) is 4.33. The fraction of sp³-hybridized carbons (Fsp3) is 0.444. The summed E-state index contributed by atoms with van der Waals surface area (Å²) in [7, 11) is 0. The molecule has 0 bridgehead atoms. The Kier molecular flexibility index (Phi) is 3.37. The van der Waals surface area contributed by atoms with Gasteiger partial charge in [0.2, 0.25) is 5.88 Å². The molecule has 0 saturated heterocycles. The Morgan fingerprint density at radius 1 is 1.62 bits per heavy atom. The minimum atomic E-state index is 0.130. The highest BCUT2D eigenvalue weighted by molar-refractivity contribution is 6.29. The molecule has 0 aliphatic heterocycles. The summed E-state index contributed by atoms with van der Waals surface area (Å²) in [5.41, 5.74) is 6.14. The van der Waals surface area contributed by atoms with Crippen LogP contribution in [0.3, 0.4) is 0 Å². The number of halogens is 1. The minimum absolute atomic E-state index is 0.130. The van der Waals surface area contributed by atoms with E-state index in [1.54, 1.807) is 12.1 Å². The molecule has 0 aliphatic rings. The van der Waals surface area contributed by atoms with Gasteiger partial charge in [-0.15, -0.1) is 0 Å². The summed E-state index contributed by atoms with van der Waals surface area (Å²) in [4.78, 5) is 3.99. The number of hydrogen-bond acceptors (Lipinski definition) is 3.